The van der Waals surface area contributed by atoms with Crippen molar-refractivity contribution in [3.8, 4) is 17.2 Å². The Morgan fingerprint density at radius 2 is 1.86 bits per heavy atom. The number of hydrogen-bond donors (Lipinski definition) is 1. The van der Waals surface area contributed by atoms with Gasteiger partial charge in [0.1, 0.15) is 0 Å². The Kier molecular flexibility index (Phi) is 2.08. The molecule has 0 aliphatic heterocycles. The lowest BCUT2D eigenvalue weighted by molar-refractivity contribution is 1.35. The average molecular weight is 181 g/mol. The molecule has 1 heterocycles. The van der Waals surface area contributed by atoms with Gasteiger partial charge in [0, 0.05) is 11.9 Å². The van der Waals surface area contributed by atoms with E-state index in [1.54, 1.807) is 0 Å². The van der Waals surface area contributed by atoms with Crippen molar-refractivity contribution >= 4 is 0 Å². The van der Waals surface area contributed by atoms with Gasteiger partial charge in [-0.1, -0.05) is 12.1 Å². The summed E-state index contributed by atoms with van der Waals surface area (Å²) in [4.78, 5) is 3.02. The summed E-state index contributed by atoms with van der Waals surface area (Å²) in [7, 11) is 0. The van der Waals surface area contributed by atoms with Crippen LogP contribution in [-0.2, 0) is 0 Å². The van der Waals surface area contributed by atoms with Crippen molar-refractivity contribution in [2.24, 2.45) is 0 Å². The molecular formula is C12H9N2. The summed E-state index contributed by atoms with van der Waals surface area (Å²) in [6, 6.07) is 11.5. The SMILES string of the molecule is [CH2]c1cc(-c2ccc(C#N)cc2)c[nH]1. The first-order valence-corrected chi connectivity index (χ1v) is 4.30. The highest BCUT2D eigenvalue weighted by Gasteiger charge is 1.99. The van der Waals surface area contributed by atoms with Gasteiger partial charge in [-0.15, -0.1) is 0 Å². The van der Waals surface area contributed by atoms with Gasteiger partial charge in [-0.3, -0.25) is 0 Å². The normalized spacial score (nSPS) is 9.71. The molecule has 2 rings (SSSR count). The fourth-order valence-corrected chi connectivity index (χ4v) is 1.35. The summed E-state index contributed by atoms with van der Waals surface area (Å²) in [5.41, 5.74) is 3.76. The van der Waals surface area contributed by atoms with Crippen LogP contribution in [0.25, 0.3) is 11.1 Å². The van der Waals surface area contributed by atoms with E-state index in [0.29, 0.717) is 5.56 Å². The molecule has 1 aromatic heterocycles. The van der Waals surface area contributed by atoms with Gasteiger partial charge in [-0.2, -0.15) is 5.26 Å². The fourth-order valence-electron chi connectivity index (χ4n) is 1.35. The molecular weight excluding hydrogens is 172 g/mol. The van der Waals surface area contributed by atoms with Gasteiger partial charge in [-0.25, -0.2) is 0 Å². The molecule has 0 aliphatic rings. The maximum Gasteiger partial charge on any atom is 0.0991 e. The third-order valence-electron chi connectivity index (χ3n) is 2.09. The quantitative estimate of drug-likeness (QED) is 0.721. The van der Waals surface area contributed by atoms with Crippen LogP contribution in [0.5, 0.6) is 0 Å². The van der Waals surface area contributed by atoms with Crippen molar-refractivity contribution in [2.45, 2.75) is 0 Å². The first kappa shape index (κ1) is 8.58. The molecule has 0 unspecified atom stereocenters. The van der Waals surface area contributed by atoms with Gasteiger partial charge in [0.25, 0.3) is 0 Å². The van der Waals surface area contributed by atoms with Crippen LogP contribution in [0.15, 0.2) is 36.5 Å². The van der Waals surface area contributed by atoms with E-state index in [1.807, 2.05) is 36.5 Å². The predicted octanol–water partition coefficient (Wildman–Crippen LogP) is 2.74. The largest absolute Gasteiger partial charge is 0.364 e. The average Bonchev–Trinajstić information content (AvgIpc) is 2.65. The minimum atomic E-state index is 0.680. The van der Waals surface area contributed by atoms with Crippen molar-refractivity contribution in [3.63, 3.8) is 0 Å². The molecule has 0 spiro atoms. The van der Waals surface area contributed by atoms with Crippen molar-refractivity contribution in [2.75, 3.05) is 0 Å². The van der Waals surface area contributed by atoms with E-state index in [0.717, 1.165) is 16.8 Å². The number of nitriles is 1. The van der Waals surface area contributed by atoms with Gasteiger partial charge in [0.05, 0.1) is 11.6 Å². The number of H-pyrrole nitrogens is 1. The second-order valence-electron chi connectivity index (χ2n) is 3.10. The number of rotatable bonds is 1. The van der Waals surface area contributed by atoms with Gasteiger partial charge in [-0.05, 0) is 36.2 Å². The molecule has 0 aliphatic carbocycles. The monoisotopic (exact) mass is 181 g/mol. The molecule has 0 atom stereocenters. The summed E-state index contributed by atoms with van der Waals surface area (Å²) in [5, 5.41) is 8.64. The van der Waals surface area contributed by atoms with E-state index in [1.165, 1.54) is 0 Å². The second-order valence-corrected chi connectivity index (χ2v) is 3.10. The molecule has 0 fully saturated rings. The third-order valence-corrected chi connectivity index (χ3v) is 2.09. The maximum atomic E-state index is 8.64. The van der Waals surface area contributed by atoms with E-state index in [2.05, 4.69) is 18.0 Å². The van der Waals surface area contributed by atoms with Crippen LogP contribution in [0.4, 0.5) is 0 Å². The highest BCUT2D eigenvalue weighted by Crippen LogP contribution is 2.20. The summed E-state index contributed by atoms with van der Waals surface area (Å²) in [5.74, 6) is 0. The Labute approximate surface area is 82.8 Å². The predicted molar refractivity (Wildman–Crippen MR) is 55.4 cm³/mol. The molecule has 2 nitrogen and oxygen atoms in total. The number of hydrogen-bond acceptors (Lipinski definition) is 1. The summed E-state index contributed by atoms with van der Waals surface area (Å²) in [6.07, 6.45) is 1.91. The van der Waals surface area contributed by atoms with Crippen LogP contribution in [0.1, 0.15) is 11.3 Å². The standard InChI is InChI=1S/C12H9N2/c1-9-6-12(8-14-9)11-4-2-10(7-13)3-5-11/h2-6,8,14H,1H2. The minimum absolute atomic E-state index is 0.680. The zero-order valence-electron chi connectivity index (χ0n) is 7.62. The molecule has 1 radical (unpaired) electrons. The molecule has 67 valence electrons. The first-order valence-electron chi connectivity index (χ1n) is 4.30. The number of nitrogens with one attached hydrogen (secondary N) is 1. The van der Waals surface area contributed by atoms with Crippen molar-refractivity contribution in [3.05, 3.63) is 54.7 Å². The zero-order valence-corrected chi connectivity index (χ0v) is 7.62. The Morgan fingerprint density at radius 3 is 2.36 bits per heavy atom. The number of nitrogens with zero attached hydrogens (tertiary/aromatic N) is 1. The van der Waals surface area contributed by atoms with Crippen LogP contribution in [0.3, 0.4) is 0 Å². The highest BCUT2D eigenvalue weighted by atomic mass is 14.7. The first-order chi connectivity index (χ1) is 6.79. The van der Waals surface area contributed by atoms with E-state index >= 15 is 0 Å². The smallest absolute Gasteiger partial charge is 0.0991 e. The number of benzene rings is 1. The number of aromatic amines is 1. The molecule has 0 saturated heterocycles. The summed E-state index contributed by atoms with van der Waals surface area (Å²) >= 11 is 0. The fraction of sp³-hybridized carbons (Fsp3) is 0. The van der Waals surface area contributed by atoms with Crippen LogP contribution in [0.2, 0.25) is 0 Å². The lowest BCUT2D eigenvalue weighted by Crippen LogP contribution is -1.75. The van der Waals surface area contributed by atoms with Crippen molar-refractivity contribution < 1.29 is 0 Å². The van der Waals surface area contributed by atoms with Crippen LogP contribution in [-0.4, -0.2) is 4.98 Å². The van der Waals surface area contributed by atoms with Gasteiger partial charge < -0.3 is 4.98 Å². The summed E-state index contributed by atoms with van der Waals surface area (Å²) < 4.78 is 0. The minimum Gasteiger partial charge on any atom is -0.364 e. The molecule has 0 bridgehead atoms. The van der Waals surface area contributed by atoms with E-state index in [9.17, 15) is 0 Å². The van der Waals surface area contributed by atoms with E-state index in [-0.39, 0.29) is 0 Å². The Balaban J connectivity index is 2.39. The van der Waals surface area contributed by atoms with Crippen LogP contribution >= 0.6 is 0 Å². The molecule has 0 amide bonds. The third kappa shape index (κ3) is 1.53. The van der Waals surface area contributed by atoms with Crippen molar-refractivity contribution in [1.82, 2.24) is 4.98 Å². The second kappa shape index (κ2) is 3.39. The molecule has 1 N–H and O–H groups in total. The number of aromatic nitrogens is 1. The van der Waals surface area contributed by atoms with Gasteiger partial charge >= 0.3 is 0 Å². The Bertz CT molecular complexity index is 472. The topological polar surface area (TPSA) is 39.6 Å². The Hall–Kier alpha value is -2.01. The van der Waals surface area contributed by atoms with Crippen molar-refractivity contribution in [1.29, 1.82) is 5.26 Å². The van der Waals surface area contributed by atoms with E-state index < -0.39 is 0 Å². The van der Waals surface area contributed by atoms with Crippen LogP contribution < -0.4 is 0 Å². The molecule has 14 heavy (non-hydrogen) atoms. The van der Waals surface area contributed by atoms with Crippen LogP contribution in [0, 0.1) is 18.3 Å². The zero-order chi connectivity index (χ0) is 9.97. The lowest BCUT2D eigenvalue weighted by atomic mass is 10.1. The highest BCUT2D eigenvalue weighted by molar-refractivity contribution is 5.64. The van der Waals surface area contributed by atoms with E-state index in [4.69, 9.17) is 5.26 Å². The molecule has 2 aromatic rings. The van der Waals surface area contributed by atoms with Gasteiger partial charge in [0.2, 0.25) is 0 Å². The lowest BCUT2D eigenvalue weighted by Gasteiger charge is -1.96. The Morgan fingerprint density at radius 1 is 1.14 bits per heavy atom. The molecule has 1 aromatic carbocycles. The summed E-state index contributed by atoms with van der Waals surface area (Å²) in [6.45, 7) is 3.79. The molecule has 0 saturated carbocycles. The molecule has 2 heteroatoms. The van der Waals surface area contributed by atoms with Gasteiger partial charge in [0.15, 0.2) is 0 Å². The maximum absolute atomic E-state index is 8.64.